The number of hydrogen-bond donors (Lipinski definition) is 1. The molecule has 160 valence electrons. The fourth-order valence-corrected chi connectivity index (χ4v) is 4.84. The summed E-state index contributed by atoms with van der Waals surface area (Å²) in [5.74, 6) is -0.0388. The van der Waals surface area contributed by atoms with E-state index in [9.17, 15) is 9.59 Å². The standard InChI is InChI=1S/C25H25NO4S/c1-3-30-25(28)22-21(19-9-8-16-6-4-5-7-18(16)14-19)15-31-24(22)26-23(27)17-10-12-20(29-2)13-11-17/h8-15H,3-7H2,1-2H3,(H,26,27). The highest BCUT2D eigenvalue weighted by Crippen LogP contribution is 2.38. The number of hydrogen-bond acceptors (Lipinski definition) is 5. The van der Waals surface area contributed by atoms with Gasteiger partial charge in [-0.15, -0.1) is 11.3 Å². The van der Waals surface area contributed by atoms with E-state index in [0.717, 1.165) is 24.0 Å². The number of thiophene rings is 1. The lowest BCUT2D eigenvalue weighted by Gasteiger charge is -2.17. The summed E-state index contributed by atoms with van der Waals surface area (Å²) in [7, 11) is 1.58. The zero-order valence-electron chi connectivity index (χ0n) is 17.7. The van der Waals surface area contributed by atoms with Crippen molar-refractivity contribution in [1.29, 1.82) is 0 Å². The number of fused-ring (bicyclic) bond motifs is 1. The van der Waals surface area contributed by atoms with Gasteiger partial charge in [0.15, 0.2) is 0 Å². The summed E-state index contributed by atoms with van der Waals surface area (Å²) in [6.45, 7) is 2.04. The van der Waals surface area contributed by atoms with Crippen LogP contribution in [-0.2, 0) is 17.6 Å². The lowest BCUT2D eigenvalue weighted by molar-refractivity contribution is 0.0529. The Balaban J connectivity index is 1.67. The summed E-state index contributed by atoms with van der Waals surface area (Å²) in [4.78, 5) is 25.6. The molecular weight excluding hydrogens is 410 g/mol. The number of benzene rings is 2. The monoisotopic (exact) mass is 435 g/mol. The van der Waals surface area contributed by atoms with E-state index in [1.54, 1.807) is 38.3 Å². The van der Waals surface area contributed by atoms with Crippen molar-refractivity contribution in [2.24, 2.45) is 0 Å². The van der Waals surface area contributed by atoms with E-state index in [1.165, 1.54) is 35.3 Å². The predicted octanol–water partition coefficient (Wildman–Crippen LogP) is 5.73. The van der Waals surface area contributed by atoms with Crippen LogP contribution in [0.3, 0.4) is 0 Å². The lowest BCUT2D eigenvalue weighted by Crippen LogP contribution is -2.14. The summed E-state index contributed by atoms with van der Waals surface area (Å²) in [5.41, 5.74) is 5.39. The van der Waals surface area contributed by atoms with Crippen LogP contribution in [-0.4, -0.2) is 25.6 Å². The first-order chi connectivity index (χ1) is 15.1. The molecule has 2 aromatic carbocycles. The van der Waals surface area contributed by atoms with Gasteiger partial charge < -0.3 is 14.8 Å². The van der Waals surface area contributed by atoms with E-state index in [2.05, 4.69) is 23.5 Å². The van der Waals surface area contributed by atoms with Crippen molar-refractivity contribution in [2.45, 2.75) is 32.6 Å². The minimum Gasteiger partial charge on any atom is -0.497 e. The SMILES string of the molecule is CCOC(=O)c1c(-c2ccc3c(c2)CCCC3)csc1NC(=O)c1ccc(OC)cc1. The highest BCUT2D eigenvalue weighted by molar-refractivity contribution is 7.15. The molecule has 1 aliphatic carbocycles. The first kappa shape index (κ1) is 21.1. The van der Waals surface area contributed by atoms with Gasteiger partial charge in [0, 0.05) is 16.5 Å². The highest BCUT2D eigenvalue weighted by Gasteiger charge is 2.24. The van der Waals surface area contributed by atoms with Crippen LogP contribution in [0.4, 0.5) is 5.00 Å². The summed E-state index contributed by atoms with van der Waals surface area (Å²) >= 11 is 1.34. The van der Waals surface area contributed by atoms with Crippen molar-refractivity contribution in [1.82, 2.24) is 0 Å². The molecule has 0 saturated heterocycles. The fourth-order valence-electron chi connectivity index (χ4n) is 3.89. The van der Waals surface area contributed by atoms with Crippen LogP contribution in [0.25, 0.3) is 11.1 Å². The van der Waals surface area contributed by atoms with E-state index in [-0.39, 0.29) is 12.5 Å². The van der Waals surface area contributed by atoms with Crippen LogP contribution in [0.5, 0.6) is 5.75 Å². The normalized spacial score (nSPS) is 12.7. The molecule has 1 N–H and O–H groups in total. The van der Waals surface area contributed by atoms with Crippen molar-refractivity contribution in [3.63, 3.8) is 0 Å². The third kappa shape index (κ3) is 4.49. The number of ether oxygens (including phenoxy) is 2. The Kier molecular flexibility index (Phi) is 6.37. The van der Waals surface area contributed by atoms with E-state index in [0.29, 0.717) is 21.9 Å². The lowest BCUT2D eigenvalue weighted by atomic mass is 9.89. The molecule has 3 aromatic rings. The zero-order chi connectivity index (χ0) is 21.8. The topological polar surface area (TPSA) is 64.6 Å². The maximum absolute atomic E-state index is 12.8. The molecule has 0 atom stereocenters. The number of nitrogens with one attached hydrogen (secondary N) is 1. The highest BCUT2D eigenvalue weighted by atomic mass is 32.1. The third-order valence-corrected chi connectivity index (χ3v) is 6.40. The summed E-state index contributed by atoms with van der Waals surface area (Å²) < 4.78 is 10.5. The molecule has 0 aliphatic heterocycles. The molecule has 4 rings (SSSR count). The molecule has 0 spiro atoms. The van der Waals surface area contributed by atoms with Crippen LogP contribution >= 0.6 is 11.3 Å². The Hall–Kier alpha value is -3.12. The van der Waals surface area contributed by atoms with Crippen LogP contribution in [0, 0.1) is 0 Å². The zero-order valence-corrected chi connectivity index (χ0v) is 18.5. The van der Waals surface area contributed by atoms with Gasteiger partial charge in [-0.1, -0.05) is 18.2 Å². The van der Waals surface area contributed by atoms with Crippen molar-refractivity contribution in [2.75, 3.05) is 19.0 Å². The molecule has 1 heterocycles. The Morgan fingerprint density at radius 2 is 1.77 bits per heavy atom. The van der Waals surface area contributed by atoms with Crippen LogP contribution < -0.4 is 10.1 Å². The Morgan fingerprint density at radius 3 is 2.48 bits per heavy atom. The van der Waals surface area contributed by atoms with Crippen molar-refractivity contribution in [3.8, 4) is 16.9 Å². The third-order valence-electron chi connectivity index (χ3n) is 5.51. The molecule has 1 aliphatic rings. The molecule has 5 nitrogen and oxygen atoms in total. The van der Waals surface area contributed by atoms with Gasteiger partial charge >= 0.3 is 5.97 Å². The van der Waals surface area contributed by atoms with E-state index >= 15 is 0 Å². The Bertz CT molecular complexity index is 1100. The number of carbonyl (C=O) groups is 2. The van der Waals surface area contributed by atoms with Gasteiger partial charge in [0.25, 0.3) is 5.91 Å². The van der Waals surface area contributed by atoms with Crippen molar-refractivity contribution >= 4 is 28.2 Å². The smallest absolute Gasteiger partial charge is 0.341 e. The minimum absolute atomic E-state index is 0.268. The number of rotatable bonds is 6. The van der Waals surface area contributed by atoms with Gasteiger partial charge in [0.1, 0.15) is 16.3 Å². The van der Waals surface area contributed by atoms with Crippen LogP contribution in [0.2, 0.25) is 0 Å². The number of anilines is 1. The average Bonchev–Trinajstić information content (AvgIpc) is 3.22. The Labute approximate surface area is 186 Å². The second kappa shape index (κ2) is 9.35. The number of carbonyl (C=O) groups excluding carboxylic acids is 2. The quantitative estimate of drug-likeness (QED) is 0.502. The van der Waals surface area contributed by atoms with Crippen molar-refractivity contribution < 1.29 is 19.1 Å². The second-order valence-electron chi connectivity index (χ2n) is 7.45. The van der Waals surface area contributed by atoms with Crippen LogP contribution in [0.15, 0.2) is 47.8 Å². The fraction of sp³-hybridized carbons (Fsp3) is 0.280. The molecule has 0 saturated carbocycles. The van der Waals surface area contributed by atoms with Gasteiger partial charge in [0.05, 0.1) is 13.7 Å². The van der Waals surface area contributed by atoms with Gasteiger partial charge in [-0.05, 0) is 73.6 Å². The largest absolute Gasteiger partial charge is 0.497 e. The summed E-state index contributed by atoms with van der Waals surface area (Å²) in [6, 6.07) is 13.2. The molecule has 0 fully saturated rings. The molecule has 31 heavy (non-hydrogen) atoms. The minimum atomic E-state index is -0.429. The molecule has 1 amide bonds. The summed E-state index contributed by atoms with van der Waals surface area (Å²) in [5, 5.41) is 5.30. The van der Waals surface area contributed by atoms with E-state index in [4.69, 9.17) is 9.47 Å². The molecule has 1 aromatic heterocycles. The number of esters is 1. The second-order valence-corrected chi connectivity index (χ2v) is 8.33. The van der Waals surface area contributed by atoms with Gasteiger partial charge in [0.2, 0.25) is 0 Å². The average molecular weight is 436 g/mol. The molecule has 0 unspecified atom stereocenters. The first-order valence-electron chi connectivity index (χ1n) is 10.5. The number of amides is 1. The number of aryl methyl sites for hydroxylation is 2. The predicted molar refractivity (Wildman–Crippen MR) is 123 cm³/mol. The maximum Gasteiger partial charge on any atom is 0.341 e. The molecule has 6 heteroatoms. The van der Waals surface area contributed by atoms with E-state index in [1.807, 2.05) is 5.38 Å². The van der Waals surface area contributed by atoms with Crippen molar-refractivity contribution in [3.05, 3.63) is 70.1 Å². The first-order valence-corrected chi connectivity index (χ1v) is 11.3. The Morgan fingerprint density at radius 1 is 1.03 bits per heavy atom. The van der Waals surface area contributed by atoms with Gasteiger partial charge in [-0.25, -0.2) is 4.79 Å². The molecule has 0 radical (unpaired) electrons. The molecule has 0 bridgehead atoms. The van der Waals surface area contributed by atoms with Crippen LogP contribution in [0.1, 0.15) is 51.6 Å². The number of methoxy groups -OCH3 is 1. The van der Waals surface area contributed by atoms with Gasteiger partial charge in [-0.2, -0.15) is 0 Å². The van der Waals surface area contributed by atoms with Gasteiger partial charge in [-0.3, -0.25) is 4.79 Å². The maximum atomic E-state index is 12.8. The summed E-state index contributed by atoms with van der Waals surface area (Å²) in [6.07, 6.45) is 4.57. The van der Waals surface area contributed by atoms with E-state index < -0.39 is 5.97 Å². The molecular formula is C25H25NO4S.